The molecule has 1 rings (SSSR count). The Bertz CT molecular complexity index is 2160. The standard InChI is InChI=1S/C65H107N3O22/c1-47(69)45-89-40-38-87-36-18-20-52(70)46-90-41-39-88-37-19-21-55(71)53(30-34-62(80)81)68-64(84)50(29-33-61(78)79)42-57(73)54(31-35-63(82)83)67-59(75)32-28-51(65(85)86)43-56(72)49-26-24-48(25-27-49)44-66-58(74)22-16-14-12-10-8-6-4-2-3-5-7-9-11-13-15-17-23-60(76)77/h48-51,53-54H,2-46H2,1H3,(H,66,74)(H,67,75)(H,68,84)(H,76,77)(H,78,79)(H,80,81)(H,82,83)(H,85,86)/t48?,49?,50-,51-,53+,54+/m1/s1. The number of hydrogen-bond acceptors (Lipinski definition) is 17. The van der Waals surface area contributed by atoms with Gasteiger partial charge in [-0.1, -0.05) is 89.9 Å². The molecule has 1 saturated carbocycles. The summed E-state index contributed by atoms with van der Waals surface area (Å²) >= 11 is 0. The predicted octanol–water partition coefficient (Wildman–Crippen LogP) is 7.95. The summed E-state index contributed by atoms with van der Waals surface area (Å²) < 4.78 is 21.3. The van der Waals surface area contributed by atoms with Crippen molar-refractivity contribution in [1.29, 1.82) is 0 Å². The molecule has 514 valence electrons. The molecule has 25 nitrogen and oxygen atoms in total. The lowest BCUT2D eigenvalue weighted by atomic mass is 9.78. The zero-order valence-corrected chi connectivity index (χ0v) is 53.5. The number of unbranched alkanes of at least 4 members (excludes halogenated alkanes) is 15. The minimum Gasteiger partial charge on any atom is -0.481 e. The van der Waals surface area contributed by atoms with E-state index in [4.69, 9.17) is 24.1 Å². The molecule has 1 fully saturated rings. The Morgan fingerprint density at radius 1 is 0.400 bits per heavy atom. The molecule has 0 saturated heterocycles. The minimum atomic E-state index is -1.51. The number of aliphatic carboxylic acids is 5. The number of ether oxygens (including phenoxy) is 4. The van der Waals surface area contributed by atoms with Crippen LogP contribution in [0.25, 0.3) is 0 Å². The van der Waals surface area contributed by atoms with E-state index < -0.39 is 128 Å². The first-order valence-corrected chi connectivity index (χ1v) is 32.9. The number of nitrogens with one attached hydrogen (secondary N) is 3. The number of ketones is 5. The number of carbonyl (C=O) groups excluding carboxylic acids is 8. The summed E-state index contributed by atoms with van der Waals surface area (Å²) in [6.07, 6.45) is 17.0. The first-order valence-electron chi connectivity index (χ1n) is 32.9. The second-order valence-electron chi connectivity index (χ2n) is 23.9. The summed E-state index contributed by atoms with van der Waals surface area (Å²) in [6, 6.07) is -2.88. The molecule has 1 aliphatic rings. The molecule has 0 aromatic heterocycles. The highest BCUT2D eigenvalue weighted by Gasteiger charge is 2.33. The van der Waals surface area contributed by atoms with Crippen LogP contribution in [-0.4, -0.2) is 174 Å². The first-order chi connectivity index (χ1) is 43.1. The van der Waals surface area contributed by atoms with E-state index in [2.05, 4.69) is 16.0 Å². The van der Waals surface area contributed by atoms with Crippen molar-refractivity contribution in [3.8, 4) is 0 Å². The van der Waals surface area contributed by atoms with Crippen LogP contribution in [0.2, 0.25) is 0 Å². The Balaban J connectivity index is 2.58. The molecular formula is C65H107N3O22. The van der Waals surface area contributed by atoms with E-state index in [1.807, 2.05) is 0 Å². The highest BCUT2D eigenvalue weighted by atomic mass is 16.5. The topological polar surface area (TPSA) is 396 Å². The van der Waals surface area contributed by atoms with Crippen LogP contribution in [0, 0.1) is 23.7 Å². The fourth-order valence-electron chi connectivity index (χ4n) is 10.6. The van der Waals surface area contributed by atoms with Crippen molar-refractivity contribution < 1.29 is 107 Å². The Kier molecular flexibility index (Phi) is 47.9. The maximum Gasteiger partial charge on any atom is 0.306 e. The number of carboxylic acid groups (broad SMARTS) is 5. The molecule has 0 spiro atoms. The van der Waals surface area contributed by atoms with Crippen LogP contribution >= 0.6 is 0 Å². The number of hydrogen-bond donors (Lipinski definition) is 8. The number of amides is 3. The molecular weight excluding hydrogens is 1170 g/mol. The van der Waals surface area contributed by atoms with Gasteiger partial charge in [-0.25, -0.2) is 0 Å². The van der Waals surface area contributed by atoms with Crippen molar-refractivity contribution in [2.45, 2.75) is 250 Å². The van der Waals surface area contributed by atoms with E-state index in [0.717, 1.165) is 44.9 Å². The number of carbonyl (C=O) groups is 13. The van der Waals surface area contributed by atoms with Gasteiger partial charge in [0.25, 0.3) is 0 Å². The van der Waals surface area contributed by atoms with Crippen LogP contribution in [0.15, 0.2) is 0 Å². The van der Waals surface area contributed by atoms with Gasteiger partial charge in [-0.2, -0.15) is 0 Å². The molecule has 3 amide bonds. The van der Waals surface area contributed by atoms with Crippen molar-refractivity contribution in [3.63, 3.8) is 0 Å². The third kappa shape index (κ3) is 46.1. The Morgan fingerprint density at radius 2 is 0.844 bits per heavy atom. The van der Waals surface area contributed by atoms with Crippen LogP contribution < -0.4 is 16.0 Å². The van der Waals surface area contributed by atoms with E-state index in [1.54, 1.807) is 0 Å². The smallest absolute Gasteiger partial charge is 0.306 e. The Morgan fingerprint density at radius 3 is 1.34 bits per heavy atom. The summed E-state index contributed by atoms with van der Waals surface area (Å²) in [5, 5.41) is 55.0. The van der Waals surface area contributed by atoms with Crippen LogP contribution in [-0.2, 0) is 81.3 Å². The molecule has 25 heteroatoms. The van der Waals surface area contributed by atoms with E-state index >= 15 is 0 Å². The quantitative estimate of drug-likeness (QED) is 0.0268. The lowest BCUT2D eigenvalue weighted by Gasteiger charge is -2.28. The van der Waals surface area contributed by atoms with Crippen molar-refractivity contribution in [3.05, 3.63) is 0 Å². The summed E-state index contributed by atoms with van der Waals surface area (Å²) in [6.45, 7) is 2.89. The molecule has 90 heavy (non-hydrogen) atoms. The number of carboxylic acids is 5. The van der Waals surface area contributed by atoms with Gasteiger partial charge in [-0.3, -0.25) is 62.3 Å². The van der Waals surface area contributed by atoms with E-state index in [1.165, 1.54) is 64.7 Å². The third-order valence-corrected chi connectivity index (χ3v) is 16.0. The van der Waals surface area contributed by atoms with Gasteiger partial charge in [0.1, 0.15) is 19.0 Å². The third-order valence-electron chi connectivity index (χ3n) is 16.0. The van der Waals surface area contributed by atoms with Crippen molar-refractivity contribution in [2.24, 2.45) is 23.7 Å². The number of Topliss-reactive ketones (excluding diaryl/α,β-unsaturated/α-hetero) is 5. The second-order valence-corrected chi connectivity index (χ2v) is 23.9. The average Bonchev–Trinajstić information content (AvgIpc) is 2.73. The first kappa shape index (κ1) is 82.0. The van der Waals surface area contributed by atoms with E-state index in [9.17, 15) is 82.8 Å². The molecule has 4 atom stereocenters. The highest BCUT2D eigenvalue weighted by molar-refractivity contribution is 5.95. The minimum absolute atomic E-state index is 0.000780. The maximum atomic E-state index is 13.8. The van der Waals surface area contributed by atoms with Gasteiger partial charge in [-0.05, 0) is 89.9 Å². The summed E-state index contributed by atoms with van der Waals surface area (Å²) in [5.74, 6) is -12.6. The highest BCUT2D eigenvalue weighted by Crippen LogP contribution is 2.31. The van der Waals surface area contributed by atoms with Crippen molar-refractivity contribution >= 4 is 76.5 Å². The summed E-state index contributed by atoms with van der Waals surface area (Å²) in [7, 11) is 0. The average molecular weight is 1280 g/mol. The van der Waals surface area contributed by atoms with Gasteiger partial charge in [0.15, 0.2) is 23.1 Å². The van der Waals surface area contributed by atoms with Crippen LogP contribution in [0.5, 0.6) is 0 Å². The lowest BCUT2D eigenvalue weighted by Crippen LogP contribution is -2.46. The monoisotopic (exact) mass is 1280 g/mol. The van der Waals surface area contributed by atoms with Crippen molar-refractivity contribution in [1.82, 2.24) is 16.0 Å². The largest absolute Gasteiger partial charge is 0.481 e. The summed E-state index contributed by atoms with van der Waals surface area (Å²) in [5.41, 5.74) is 0. The zero-order chi connectivity index (χ0) is 66.7. The molecule has 1 aliphatic carbocycles. The van der Waals surface area contributed by atoms with Gasteiger partial charge >= 0.3 is 29.8 Å². The maximum absolute atomic E-state index is 13.8. The fraction of sp³-hybridized carbons (Fsp3) is 0.800. The fourth-order valence-corrected chi connectivity index (χ4v) is 10.6. The molecule has 0 bridgehead atoms. The number of rotatable bonds is 62. The van der Waals surface area contributed by atoms with Crippen molar-refractivity contribution in [2.75, 3.05) is 59.4 Å². The zero-order valence-electron chi connectivity index (χ0n) is 53.5. The molecule has 0 heterocycles. The van der Waals surface area contributed by atoms with Gasteiger partial charge in [-0.15, -0.1) is 0 Å². The van der Waals surface area contributed by atoms with Gasteiger partial charge in [0.2, 0.25) is 17.7 Å². The molecule has 0 aliphatic heterocycles. The Hall–Kier alpha value is -6.05. The van der Waals surface area contributed by atoms with Gasteiger partial charge < -0.3 is 60.4 Å². The normalized spacial score (nSPS) is 15.2. The van der Waals surface area contributed by atoms with Gasteiger partial charge in [0, 0.05) is 95.8 Å². The van der Waals surface area contributed by atoms with Crippen LogP contribution in [0.1, 0.15) is 238 Å². The van der Waals surface area contributed by atoms with Crippen LogP contribution in [0.3, 0.4) is 0 Å². The van der Waals surface area contributed by atoms with E-state index in [0.29, 0.717) is 58.3 Å². The summed E-state index contributed by atoms with van der Waals surface area (Å²) in [4.78, 5) is 161. The molecule has 0 aromatic carbocycles. The van der Waals surface area contributed by atoms with Crippen LogP contribution in [0.4, 0.5) is 0 Å². The molecule has 8 N–H and O–H groups in total. The van der Waals surface area contributed by atoms with Gasteiger partial charge in [0.05, 0.1) is 44.4 Å². The second kappa shape index (κ2) is 52.6. The lowest BCUT2D eigenvalue weighted by molar-refractivity contribution is -0.145. The molecule has 0 radical (unpaired) electrons. The predicted molar refractivity (Wildman–Crippen MR) is 329 cm³/mol. The molecule has 0 unspecified atom stereocenters. The molecule has 0 aromatic rings. The SMILES string of the molecule is CC(=O)COCCOCCCC(=O)COCCOCCCC(=O)[C@H](CCC(=O)O)NC(=O)[C@H](CCC(=O)O)CC(=O)[C@H](CCC(=O)O)NC(=O)CC[C@H](CC(=O)C1CCC(CNC(=O)CCCCCCCCCCCCCCCCCCC(=O)O)CC1)C(=O)O. The van der Waals surface area contributed by atoms with E-state index in [-0.39, 0.29) is 114 Å². The Labute approximate surface area is 530 Å².